The molecule has 1 aliphatic rings. The molecule has 0 radical (unpaired) electrons. The number of hydrogen-bond donors (Lipinski definition) is 2. The molecule has 4 rings (SSSR count). The molecule has 25 heavy (non-hydrogen) atoms. The van der Waals surface area contributed by atoms with Crippen LogP contribution in [0.4, 0.5) is 15.6 Å². The van der Waals surface area contributed by atoms with E-state index in [0.29, 0.717) is 21.6 Å². The van der Waals surface area contributed by atoms with Gasteiger partial charge in [-0.15, -0.1) is 11.3 Å². The van der Waals surface area contributed by atoms with Gasteiger partial charge < -0.3 is 14.8 Å². The highest BCUT2D eigenvalue weighted by Crippen LogP contribution is 2.36. The van der Waals surface area contributed by atoms with Crippen LogP contribution in [-0.2, 0) is 0 Å². The summed E-state index contributed by atoms with van der Waals surface area (Å²) in [5, 5.41) is 8.42. The zero-order chi connectivity index (χ0) is 17.2. The monoisotopic (exact) mass is 373 g/mol. The second kappa shape index (κ2) is 6.62. The smallest absolute Gasteiger partial charge is 0.325 e. The van der Waals surface area contributed by atoms with Gasteiger partial charge in [0, 0.05) is 21.7 Å². The summed E-state index contributed by atoms with van der Waals surface area (Å²) >= 11 is 7.16. The number of nitrogens with zero attached hydrogens (tertiary/aromatic N) is 1. The molecule has 6 nitrogen and oxygen atoms in total. The fourth-order valence-electron chi connectivity index (χ4n) is 2.31. The van der Waals surface area contributed by atoms with Crippen molar-refractivity contribution >= 4 is 39.8 Å². The lowest BCUT2D eigenvalue weighted by atomic mass is 10.1. The summed E-state index contributed by atoms with van der Waals surface area (Å²) in [4.78, 5) is 16.5. The van der Waals surface area contributed by atoms with Gasteiger partial charge in [0.05, 0.1) is 5.69 Å². The maximum Gasteiger partial charge on any atom is 0.325 e. The number of ether oxygens (including phenoxy) is 2. The number of benzene rings is 2. The summed E-state index contributed by atoms with van der Waals surface area (Å²) in [6.45, 7) is 0.230. The van der Waals surface area contributed by atoms with E-state index in [2.05, 4.69) is 15.6 Å². The molecule has 0 fully saturated rings. The Labute approximate surface area is 152 Å². The van der Waals surface area contributed by atoms with Gasteiger partial charge in [0.15, 0.2) is 16.6 Å². The van der Waals surface area contributed by atoms with Crippen LogP contribution >= 0.6 is 22.9 Å². The summed E-state index contributed by atoms with van der Waals surface area (Å²) in [5.41, 5.74) is 2.30. The van der Waals surface area contributed by atoms with Crippen molar-refractivity contribution in [1.82, 2.24) is 4.98 Å². The molecule has 2 N–H and O–H groups in total. The van der Waals surface area contributed by atoms with Gasteiger partial charge >= 0.3 is 6.03 Å². The first-order chi connectivity index (χ1) is 12.2. The molecule has 2 aromatic carbocycles. The Hall–Kier alpha value is -2.77. The van der Waals surface area contributed by atoms with E-state index < -0.39 is 0 Å². The molecule has 0 atom stereocenters. The Morgan fingerprint density at radius 3 is 2.72 bits per heavy atom. The van der Waals surface area contributed by atoms with Gasteiger partial charge in [0.1, 0.15) is 0 Å². The van der Waals surface area contributed by atoms with Crippen LogP contribution in [0.1, 0.15) is 0 Å². The zero-order valence-corrected chi connectivity index (χ0v) is 14.4. The number of anilines is 2. The van der Waals surface area contributed by atoms with Gasteiger partial charge in [-0.2, -0.15) is 0 Å². The first-order valence-electron chi connectivity index (χ1n) is 7.36. The molecule has 0 unspecified atom stereocenters. The van der Waals surface area contributed by atoms with E-state index in [1.807, 2.05) is 23.6 Å². The predicted octanol–water partition coefficient (Wildman–Crippen LogP) is 4.84. The van der Waals surface area contributed by atoms with E-state index in [0.717, 1.165) is 17.0 Å². The van der Waals surface area contributed by atoms with E-state index in [1.54, 1.807) is 24.3 Å². The van der Waals surface area contributed by atoms with Crippen LogP contribution in [0.3, 0.4) is 0 Å². The van der Waals surface area contributed by atoms with Crippen molar-refractivity contribution in [2.75, 3.05) is 17.4 Å². The molecule has 2 heterocycles. The van der Waals surface area contributed by atoms with Gasteiger partial charge in [0.25, 0.3) is 0 Å². The molecule has 126 valence electrons. The molecule has 3 aromatic rings. The Morgan fingerprint density at radius 1 is 1.08 bits per heavy atom. The third-order valence-corrected chi connectivity index (χ3v) is 4.50. The standard InChI is InChI=1S/C17H12ClN3O3S/c18-11-2-4-12(5-3-11)19-16(22)21-17-20-13(8-25-17)10-1-6-14-15(7-10)24-9-23-14/h1-8H,9H2,(H2,19,20,21,22). The molecule has 1 aromatic heterocycles. The van der Waals surface area contributed by atoms with E-state index in [4.69, 9.17) is 21.1 Å². The first-order valence-corrected chi connectivity index (χ1v) is 8.62. The van der Waals surface area contributed by atoms with Crippen molar-refractivity contribution in [1.29, 1.82) is 0 Å². The average molecular weight is 374 g/mol. The van der Waals surface area contributed by atoms with Crippen molar-refractivity contribution in [3.8, 4) is 22.8 Å². The number of thiazole rings is 1. The number of carbonyl (C=O) groups is 1. The van der Waals surface area contributed by atoms with Crippen LogP contribution in [-0.4, -0.2) is 17.8 Å². The summed E-state index contributed by atoms with van der Waals surface area (Å²) < 4.78 is 10.7. The quantitative estimate of drug-likeness (QED) is 0.689. The predicted molar refractivity (Wildman–Crippen MR) is 97.8 cm³/mol. The van der Waals surface area contributed by atoms with Crippen molar-refractivity contribution in [3.05, 3.63) is 52.9 Å². The van der Waals surface area contributed by atoms with Crippen LogP contribution in [0.5, 0.6) is 11.5 Å². The third-order valence-electron chi connectivity index (χ3n) is 3.50. The Morgan fingerprint density at radius 2 is 1.88 bits per heavy atom. The topological polar surface area (TPSA) is 72.5 Å². The van der Waals surface area contributed by atoms with Crippen molar-refractivity contribution in [2.24, 2.45) is 0 Å². The Balaban J connectivity index is 1.44. The molecule has 1 aliphatic heterocycles. The van der Waals surface area contributed by atoms with Crippen LogP contribution in [0.2, 0.25) is 5.02 Å². The number of hydrogen-bond acceptors (Lipinski definition) is 5. The number of nitrogens with one attached hydrogen (secondary N) is 2. The summed E-state index contributed by atoms with van der Waals surface area (Å²) in [7, 11) is 0. The number of aromatic nitrogens is 1. The molecule has 0 bridgehead atoms. The van der Waals surface area contributed by atoms with Crippen LogP contribution in [0, 0.1) is 0 Å². The lowest BCUT2D eigenvalue weighted by molar-refractivity contribution is 0.174. The minimum absolute atomic E-state index is 0.230. The third kappa shape index (κ3) is 3.52. The van der Waals surface area contributed by atoms with E-state index >= 15 is 0 Å². The highest BCUT2D eigenvalue weighted by molar-refractivity contribution is 7.14. The molecule has 0 saturated heterocycles. The fraction of sp³-hybridized carbons (Fsp3) is 0.0588. The number of carbonyl (C=O) groups excluding carboxylic acids is 1. The number of rotatable bonds is 3. The Kier molecular flexibility index (Phi) is 4.17. The van der Waals surface area contributed by atoms with Crippen molar-refractivity contribution in [3.63, 3.8) is 0 Å². The largest absolute Gasteiger partial charge is 0.454 e. The minimum Gasteiger partial charge on any atom is -0.454 e. The fourth-order valence-corrected chi connectivity index (χ4v) is 3.15. The van der Waals surface area contributed by atoms with Crippen LogP contribution in [0.25, 0.3) is 11.3 Å². The van der Waals surface area contributed by atoms with Crippen LogP contribution in [0.15, 0.2) is 47.8 Å². The molecule has 0 saturated carbocycles. The second-order valence-corrected chi connectivity index (χ2v) is 6.49. The number of urea groups is 1. The first kappa shape index (κ1) is 15.7. The van der Waals surface area contributed by atoms with Gasteiger partial charge in [-0.25, -0.2) is 9.78 Å². The van der Waals surface area contributed by atoms with Crippen molar-refractivity contribution in [2.45, 2.75) is 0 Å². The lowest BCUT2D eigenvalue weighted by Gasteiger charge is -2.05. The minimum atomic E-state index is -0.367. The molecule has 2 amide bonds. The molecular weight excluding hydrogens is 362 g/mol. The second-order valence-electron chi connectivity index (χ2n) is 5.19. The zero-order valence-electron chi connectivity index (χ0n) is 12.8. The SMILES string of the molecule is O=C(Nc1ccc(Cl)cc1)Nc1nc(-c2ccc3c(c2)OCO3)cs1. The van der Waals surface area contributed by atoms with Gasteiger partial charge in [-0.3, -0.25) is 5.32 Å². The summed E-state index contributed by atoms with van der Waals surface area (Å²) in [6.07, 6.45) is 0. The number of amides is 2. The van der Waals surface area contributed by atoms with Crippen molar-refractivity contribution < 1.29 is 14.3 Å². The van der Waals surface area contributed by atoms with E-state index in [-0.39, 0.29) is 12.8 Å². The average Bonchev–Trinajstić information content (AvgIpc) is 3.25. The number of halogens is 1. The lowest BCUT2D eigenvalue weighted by Crippen LogP contribution is -2.19. The highest BCUT2D eigenvalue weighted by Gasteiger charge is 2.15. The molecule has 8 heteroatoms. The maximum atomic E-state index is 12.0. The maximum absolute atomic E-state index is 12.0. The normalized spacial score (nSPS) is 12.0. The summed E-state index contributed by atoms with van der Waals surface area (Å²) in [6, 6.07) is 12.1. The van der Waals surface area contributed by atoms with Gasteiger partial charge in [0.2, 0.25) is 6.79 Å². The van der Waals surface area contributed by atoms with Gasteiger partial charge in [-0.1, -0.05) is 11.6 Å². The van der Waals surface area contributed by atoms with E-state index in [9.17, 15) is 4.79 Å². The summed E-state index contributed by atoms with van der Waals surface area (Å²) in [5.74, 6) is 1.42. The molecular formula is C17H12ClN3O3S. The van der Waals surface area contributed by atoms with E-state index in [1.165, 1.54) is 11.3 Å². The highest BCUT2D eigenvalue weighted by atomic mass is 35.5. The van der Waals surface area contributed by atoms with Crippen LogP contribution < -0.4 is 20.1 Å². The Bertz CT molecular complexity index is 927. The molecule has 0 aliphatic carbocycles. The molecule has 0 spiro atoms. The van der Waals surface area contributed by atoms with Gasteiger partial charge in [-0.05, 0) is 42.5 Å². The number of fused-ring (bicyclic) bond motifs is 1.